The van der Waals surface area contributed by atoms with Crippen molar-refractivity contribution in [2.24, 2.45) is 5.92 Å². The minimum absolute atomic E-state index is 0.121. The molecule has 108 valence electrons. The standard InChI is InChI=1S/C14H18N2O4/c1-8(2)12(13(18)19)16-14(20)15-11-6-4-5-10(7-11)9(3)17/h4-8,12H,1-3H3,(H,18,19)(H2,15,16,20)/p-1/t12-/m0/s1. The molecule has 20 heavy (non-hydrogen) atoms. The van der Waals surface area contributed by atoms with Crippen LogP contribution in [0.25, 0.3) is 0 Å². The molecule has 1 rings (SSSR count). The van der Waals surface area contributed by atoms with Gasteiger partial charge in [-0.05, 0) is 25.0 Å². The van der Waals surface area contributed by atoms with E-state index in [0.29, 0.717) is 11.3 Å². The molecule has 0 heterocycles. The molecular formula is C14H17N2O4-. The summed E-state index contributed by atoms with van der Waals surface area (Å²) in [6.45, 7) is 4.75. The molecule has 0 aliphatic rings. The quantitative estimate of drug-likeness (QED) is 0.777. The number of aliphatic carboxylic acids is 1. The van der Waals surface area contributed by atoms with Gasteiger partial charge in [0.2, 0.25) is 0 Å². The van der Waals surface area contributed by atoms with E-state index in [-0.39, 0.29) is 11.7 Å². The van der Waals surface area contributed by atoms with E-state index in [1.165, 1.54) is 13.0 Å². The lowest BCUT2D eigenvalue weighted by molar-refractivity contribution is -0.309. The highest BCUT2D eigenvalue weighted by Crippen LogP contribution is 2.11. The van der Waals surface area contributed by atoms with Gasteiger partial charge in [-0.2, -0.15) is 0 Å². The summed E-state index contributed by atoms with van der Waals surface area (Å²) in [7, 11) is 0. The largest absolute Gasteiger partial charge is 0.548 e. The van der Waals surface area contributed by atoms with Gasteiger partial charge in [-0.1, -0.05) is 26.0 Å². The summed E-state index contributed by atoms with van der Waals surface area (Å²) in [6.07, 6.45) is 0. The first kappa shape index (κ1) is 15.7. The number of carboxylic acid groups (broad SMARTS) is 1. The summed E-state index contributed by atoms with van der Waals surface area (Å²) < 4.78 is 0. The third-order valence-electron chi connectivity index (χ3n) is 2.73. The van der Waals surface area contributed by atoms with Crippen LogP contribution in [0.5, 0.6) is 0 Å². The molecule has 2 amide bonds. The summed E-state index contributed by atoms with van der Waals surface area (Å²) in [6, 6.07) is 4.65. The van der Waals surface area contributed by atoms with Crippen molar-refractivity contribution in [1.82, 2.24) is 5.32 Å². The average Bonchev–Trinajstić information content (AvgIpc) is 2.35. The van der Waals surface area contributed by atoms with Crippen LogP contribution in [0.1, 0.15) is 31.1 Å². The Bertz CT molecular complexity index is 526. The molecule has 0 spiro atoms. The van der Waals surface area contributed by atoms with Crippen LogP contribution in [0.3, 0.4) is 0 Å². The van der Waals surface area contributed by atoms with Crippen LogP contribution in [-0.2, 0) is 4.79 Å². The molecule has 0 aliphatic carbocycles. The molecule has 2 N–H and O–H groups in total. The number of amides is 2. The van der Waals surface area contributed by atoms with Gasteiger partial charge < -0.3 is 20.5 Å². The predicted molar refractivity (Wildman–Crippen MR) is 72.2 cm³/mol. The summed E-state index contributed by atoms with van der Waals surface area (Å²) in [5, 5.41) is 15.7. The fourth-order valence-corrected chi connectivity index (χ4v) is 1.62. The fraction of sp³-hybridized carbons (Fsp3) is 0.357. The van der Waals surface area contributed by atoms with Crippen molar-refractivity contribution in [2.45, 2.75) is 26.8 Å². The number of hydrogen-bond donors (Lipinski definition) is 2. The molecule has 0 aromatic heterocycles. The fourth-order valence-electron chi connectivity index (χ4n) is 1.62. The first-order valence-corrected chi connectivity index (χ1v) is 6.20. The highest BCUT2D eigenvalue weighted by atomic mass is 16.4. The number of rotatable bonds is 5. The lowest BCUT2D eigenvalue weighted by atomic mass is 10.1. The number of carbonyl (C=O) groups is 3. The topological polar surface area (TPSA) is 98.3 Å². The first-order chi connectivity index (χ1) is 9.31. The number of anilines is 1. The summed E-state index contributed by atoms with van der Waals surface area (Å²) in [4.78, 5) is 33.8. The number of carbonyl (C=O) groups excluding carboxylic acids is 3. The third kappa shape index (κ3) is 4.38. The van der Waals surface area contributed by atoms with Crippen molar-refractivity contribution in [3.8, 4) is 0 Å². The van der Waals surface area contributed by atoms with E-state index in [4.69, 9.17) is 0 Å². The summed E-state index contributed by atoms with van der Waals surface area (Å²) in [5.74, 6) is -1.76. The maximum absolute atomic E-state index is 11.7. The van der Waals surface area contributed by atoms with Gasteiger partial charge >= 0.3 is 6.03 Å². The third-order valence-corrected chi connectivity index (χ3v) is 2.73. The second kappa shape index (κ2) is 6.70. The Morgan fingerprint density at radius 3 is 2.35 bits per heavy atom. The monoisotopic (exact) mass is 277 g/mol. The van der Waals surface area contributed by atoms with E-state index in [1.54, 1.807) is 32.0 Å². The molecule has 1 aromatic carbocycles. The first-order valence-electron chi connectivity index (χ1n) is 6.20. The maximum atomic E-state index is 11.7. The summed E-state index contributed by atoms with van der Waals surface area (Å²) >= 11 is 0. The minimum Gasteiger partial charge on any atom is -0.548 e. The van der Waals surface area contributed by atoms with Crippen molar-refractivity contribution in [3.63, 3.8) is 0 Å². The Balaban J connectivity index is 2.73. The zero-order valence-electron chi connectivity index (χ0n) is 11.6. The van der Waals surface area contributed by atoms with E-state index in [1.807, 2.05) is 0 Å². The number of carboxylic acids is 1. The molecule has 6 nitrogen and oxygen atoms in total. The minimum atomic E-state index is -1.34. The molecule has 0 aliphatic heterocycles. The smallest absolute Gasteiger partial charge is 0.319 e. The van der Waals surface area contributed by atoms with Crippen molar-refractivity contribution in [2.75, 3.05) is 5.32 Å². The van der Waals surface area contributed by atoms with Gasteiger partial charge in [0.15, 0.2) is 5.78 Å². The normalized spacial score (nSPS) is 11.8. The molecular weight excluding hydrogens is 260 g/mol. The van der Waals surface area contributed by atoms with E-state index in [2.05, 4.69) is 10.6 Å². The van der Waals surface area contributed by atoms with Crippen molar-refractivity contribution in [3.05, 3.63) is 29.8 Å². The van der Waals surface area contributed by atoms with Crippen molar-refractivity contribution in [1.29, 1.82) is 0 Å². The van der Waals surface area contributed by atoms with Gasteiger partial charge in [-0.3, -0.25) is 4.79 Å². The number of Topliss-reactive ketones (excluding diaryl/α,β-unsaturated/α-hetero) is 1. The van der Waals surface area contributed by atoms with E-state index in [9.17, 15) is 19.5 Å². The Labute approximate surface area is 117 Å². The summed E-state index contributed by atoms with van der Waals surface area (Å²) in [5.41, 5.74) is 0.874. The Kier molecular flexibility index (Phi) is 5.25. The van der Waals surface area contributed by atoms with E-state index >= 15 is 0 Å². The number of ketones is 1. The highest BCUT2D eigenvalue weighted by molar-refractivity contribution is 5.97. The molecule has 1 aromatic rings. The maximum Gasteiger partial charge on any atom is 0.319 e. The van der Waals surface area contributed by atoms with Crippen LogP contribution in [-0.4, -0.2) is 23.8 Å². The second-order valence-electron chi connectivity index (χ2n) is 4.78. The zero-order chi connectivity index (χ0) is 15.3. The Hall–Kier alpha value is -2.37. The Morgan fingerprint density at radius 2 is 1.85 bits per heavy atom. The number of nitrogens with one attached hydrogen (secondary N) is 2. The van der Waals surface area contributed by atoms with Gasteiger partial charge in [0.05, 0.1) is 12.0 Å². The van der Waals surface area contributed by atoms with Gasteiger partial charge in [0, 0.05) is 11.3 Å². The van der Waals surface area contributed by atoms with Gasteiger partial charge in [0.1, 0.15) is 0 Å². The van der Waals surface area contributed by atoms with Crippen LogP contribution in [0, 0.1) is 5.92 Å². The molecule has 0 radical (unpaired) electrons. The SMILES string of the molecule is CC(=O)c1cccc(NC(=O)N[C@H](C(=O)[O-])C(C)C)c1. The average molecular weight is 277 g/mol. The van der Waals surface area contributed by atoms with Crippen molar-refractivity contribution >= 4 is 23.5 Å². The van der Waals surface area contributed by atoms with E-state index in [0.717, 1.165) is 0 Å². The molecule has 0 fully saturated rings. The second-order valence-corrected chi connectivity index (χ2v) is 4.78. The molecule has 0 saturated heterocycles. The molecule has 0 unspecified atom stereocenters. The van der Waals surface area contributed by atoms with E-state index < -0.39 is 18.0 Å². The number of benzene rings is 1. The molecule has 0 bridgehead atoms. The Morgan fingerprint density at radius 1 is 1.20 bits per heavy atom. The van der Waals surface area contributed by atoms with Gasteiger partial charge in [0.25, 0.3) is 0 Å². The highest BCUT2D eigenvalue weighted by Gasteiger charge is 2.17. The zero-order valence-corrected chi connectivity index (χ0v) is 11.6. The number of urea groups is 1. The molecule has 6 heteroatoms. The van der Waals surface area contributed by atoms with Gasteiger partial charge in [-0.15, -0.1) is 0 Å². The van der Waals surface area contributed by atoms with Gasteiger partial charge in [-0.25, -0.2) is 4.79 Å². The van der Waals surface area contributed by atoms with Crippen LogP contribution in [0.4, 0.5) is 10.5 Å². The molecule has 0 saturated carbocycles. The molecule has 1 atom stereocenters. The van der Waals surface area contributed by atoms with Crippen LogP contribution >= 0.6 is 0 Å². The van der Waals surface area contributed by atoms with Crippen LogP contribution in [0.2, 0.25) is 0 Å². The number of hydrogen-bond acceptors (Lipinski definition) is 4. The van der Waals surface area contributed by atoms with Crippen molar-refractivity contribution < 1.29 is 19.5 Å². The van der Waals surface area contributed by atoms with Crippen LogP contribution in [0.15, 0.2) is 24.3 Å². The van der Waals surface area contributed by atoms with Crippen LogP contribution < -0.4 is 15.7 Å². The lowest BCUT2D eigenvalue weighted by Gasteiger charge is -2.23. The lowest BCUT2D eigenvalue weighted by Crippen LogP contribution is -2.51. The predicted octanol–water partition coefficient (Wildman–Crippen LogP) is 0.785.